The maximum Gasteiger partial charge on any atom is 0.321 e. The van der Waals surface area contributed by atoms with Crippen LogP contribution in [0.1, 0.15) is 18.4 Å². The highest BCUT2D eigenvalue weighted by molar-refractivity contribution is 6.31. The van der Waals surface area contributed by atoms with Crippen LogP contribution in [0.5, 0.6) is 0 Å². The summed E-state index contributed by atoms with van der Waals surface area (Å²) in [5.41, 5.74) is 2.49. The zero-order valence-corrected chi connectivity index (χ0v) is 15.4. The second-order valence-electron chi connectivity index (χ2n) is 6.51. The average molecular weight is 372 g/mol. The first-order valence-electron chi connectivity index (χ1n) is 8.71. The molecule has 0 unspecified atom stereocenters. The number of aryl methyl sites for hydroxylation is 1. The molecule has 1 heterocycles. The predicted molar refractivity (Wildman–Crippen MR) is 105 cm³/mol. The number of para-hydroxylation sites is 1. The van der Waals surface area contributed by atoms with Crippen molar-refractivity contribution in [3.05, 3.63) is 59.1 Å². The summed E-state index contributed by atoms with van der Waals surface area (Å²) < 4.78 is 0. The molecule has 2 N–H and O–H groups in total. The van der Waals surface area contributed by atoms with E-state index in [-0.39, 0.29) is 17.9 Å². The first kappa shape index (κ1) is 18.3. The Hall–Kier alpha value is -2.53. The largest absolute Gasteiger partial charge is 0.326 e. The standard InChI is InChI=1S/C20H22ClN3O2/c1-14-7-8-16(21)13-18(14)23-19(25)15-9-11-24(12-10-15)20(26)22-17-5-3-2-4-6-17/h2-8,13,15H,9-12H2,1H3,(H,22,26)(H,23,25). The third-order valence-electron chi connectivity index (χ3n) is 4.64. The third-order valence-corrected chi connectivity index (χ3v) is 4.87. The van der Waals surface area contributed by atoms with Crippen molar-refractivity contribution in [2.24, 2.45) is 5.92 Å². The number of benzene rings is 2. The second-order valence-corrected chi connectivity index (χ2v) is 6.94. The average Bonchev–Trinajstić information content (AvgIpc) is 2.65. The van der Waals surface area contributed by atoms with Gasteiger partial charge in [-0.3, -0.25) is 4.79 Å². The molecule has 2 aromatic rings. The van der Waals surface area contributed by atoms with Gasteiger partial charge in [-0.1, -0.05) is 35.9 Å². The Balaban J connectivity index is 1.52. The lowest BCUT2D eigenvalue weighted by Gasteiger charge is -2.31. The van der Waals surface area contributed by atoms with E-state index in [9.17, 15) is 9.59 Å². The van der Waals surface area contributed by atoms with Crippen LogP contribution >= 0.6 is 11.6 Å². The lowest BCUT2D eigenvalue weighted by Crippen LogP contribution is -2.43. The molecule has 1 aliphatic heterocycles. The van der Waals surface area contributed by atoms with Crippen LogP contribution in [0, 0.1) is 12.8 Å². The number of nitrogens with one attached hydrogen (secondary N) is 2. The van der Waals surface area contributed by atoms with Gasteiger partial charge < -0.3 is 15.5 Å². The Morgan fingerprint density at radius 1 is 1.04 bits per heavy atom. The Morgan fingerprint density at radius 3 is 2.42 bits per heavy atom. The van der Waals surface area contributed by atoms with Crippen molar-refractivity contribution in [2.75, 3.05) is 23.7 Å². The molecule has 5 nitrogen and oxygen atoms in total. The first-order chi connectivity index (χ1) is 12.5. The van der Waals surface area contributed by atoms with Crippen LogP contribution in [0.15, 0.2) is 48.5 Å². The van der Waals surface area contributed by atoms with E-state index in [2.05, 4.69) is 10.6 Å². The van der Waals surface area contributed by atoms with Crippen LogP contribution < -0.4 is 10.6 Å². The van der Waals surface area contributed by atoms with Gasteiger partial charge in [0, 0.05) is 35.4 Å². The van der Waals surface area contributed by atoms with E-state index in [0.717, 1.165) is 16.9 Å². The normalized spacial score (nSPS) is 14.8. The maximum absolute atomic E-state index is 12.5. The third kappa shape index (κ3) is 4.55. The van der Waals surface area contributed by atoms with Crippen LogP contribution in [-0.2, 0) is 4.79 Å². The quantitative estimate of drug-likeness (QED) is 0.832. The summed E-state index contributed by atoms with van der Waals surface area (Å²) in [5, 5.41) is 6.44. The summed E-state index contributed by atoms with van der Waals surface area (Å²) in [6.45, 7) is 3.05. The number of hydrogen-bond acceptors (Lipinski definition) is 2. The minimum atomic E-state index is -0.124. The summed E-state index contributed by atoms with van der Waals surface area (Å²) in [7, 11) is 0. The molecule has 1 fully saturated rings. The number of rotatable bonds is 3. The molecule has 0 aliphatic carbocycles. The Morgan fingerprint density at radius 2 is 1.73 bits per heavy atom. The number of halogens is 1. The van der Waals surface area contributed by atoms with Gasteiger partial charge in [-0.15, -0.1) is 0 Å². The number of anilines is 2. The lowest BCUT2D eigenvalue weighted by atomic mass is 9.96. The number of likely N-dealkylation sites (tertiary alicyclic amines) is 1. The SMILES string of the molecule is Cc1ccc(Cl)cc1NC(=O)C1CCN(C(=O)Nc2ccccc2)CC1. The highest BCUT2D eigenvalue weighted by Crippen LogP contribution is 2.24. The number of hydrogen-bond donors (Lipinski definition) is 2. The molecular weight excluding hydrogens is 350 g/mol. The summed E-state index contributed by atoms with van der Waals surface area (Å²) in [5.74, 6) is -0.118. The predicted octanol–water partition coefficient (Wildman–Crippen LogP) is 4.53. The van der Waals surface area contributed by atoms with Gasteiger partial charge in [0.25, 0.3) is 0 Å². The molecular formula is C20H22ClN3O2. The molecule has 2 aromatic carbocycles. The fourth-order valence-electron chi connectivity index (χ4n) is 3.03. The molecule has 0 bridgehead atoms. The van der Waals surface area contributed by atoms with E-state index in [1.807, 2.05) is 43.3 Å². The zero-order chi connectivity index (χ0) is 18.5. The van der Waals surface area contributed by atoms with Crippen molar-refractivity contribution in [1.29, 1.82) is 0 Å². The van der Waals surface area contributed by atoms with Gasteiger partial charge in [0.1, 0.15) is 0 Å². The summed E-state index contributed by atoms with van der Waals surface area (Å²) in [6, 6.07) is 14.7. The van der Waals surface area contributed by atoms with Crippen molar-refractivity contribution in [2.45, 2.75) is 19.8 Å². The van der Waals surface area contributed by atoms with Gasteiger partial charge in [0.15, 0.2) is 0 Å². The zero-order valence-electron chi connectivity index (χ0n) is 14.7. The van der Waals surface area contributed by atoms with Gasteiger partial charge in [-0.2, -0.15) is 0 Å². The number of carbonyl (C=O) groups excluding carboxylic acids is 2. The van der Waals surface area contributed by atoms with Crippen LogP contribution in [-0.4, -0.2) is 29.9 Å². The van der Waals surface area contributed by atoms with Crippen molar-refractivity contribution < 1.29 is 9.59 Å². The smallest absolute Gasteiger partial charge is 0.321 e. The minimum Gasteiger partial charge on any atom is -0.326 e. The highest BCUT2D eigenvalue weighted by atomic mass is 35.5. The Bertz CT molecular complexity index is 787. The van der Waals surface area contributed by atoms with Crippen molar-refractivity contribution >= 4 is 34.9 Å². The van der Waals surface area contributed by atoms with Gasteiger partial charge >= 0.3 is 6.03 Å². The number of carbonyl (C=O) groups is 2. The number of urea groups is 1. The van der Waals surface area contributed by atoms with E-state index < -0.39 is 0 Å². The van der Waals surface area contributed by atoms with E-state index in [4.69, 9.17) is 11.6 Å². The van der Waals surface area contributed by atoms with Crippen LogP contribution in [0.4, 0.5) is 16.2 Å². The number of nitrogens with zero attached hydrogens (tertiary/aromatic N) is 1. The molecule has 0 saturated carbocycles. The van der Waals surface area contributed by atoms with E-state index in [1.54, 1.807) is 17.0 Å². The molecule has 0 atom stereocenters. The molecule has 1 saturated heterocycles. The van der Waals surface area contributed by atoms with Crippen molar-refractivity contribution in [3.8, 4) is 0 Å². The molecule has 3 rings (SSSR count). The van der Waals surface area contributed by atoms with E-state index in [0.29, 0.717) is 31.0 Å². The maximum atomic E-state index is 12.5. The van der Waals surface area contributed by atoms with Gasteiger partial charge in [-0.25, -0.2) is 4.79 Å². The van der Waals surface area contributed by atoms with E-state index >= 15 is 0 Å². The minimum absolute atomic E-state index is 0.0153. The topological polar surface area (TPSA) is 61.4 Å². The lowest BCUT2D eigenvalue weighted by molar-refractivity contribution is -0.121. The Kier molecular flexibility index (Phi) is 5.78. The van der Waals surface area contributed by atoms with E-state index in [1.165, 1.54) is 0 Å². The molecule has 0 spiro atoms. The molecule has 0 radical (unpaired) electrons. The van der Waals surface area contributed by atoms with Gasteiger partial charge in [0.2, 0.25) is 5.91 Å². The molecule has 1 aliphatic rings. The monoisotopic (exact) mass is 371 g/mol. The van der Waals surface area contributed by atoms with Crippen LogP contribution in [0.2, 0.25) is 5.02 Å². The van der Waals surface area contributed by atoms with Crippen LogP contribution in [0.3, 0.4) is 0 Å². The molecule has 6 heteroatoms. The van der Waals surface area contributed by atoms with Gasteiger partial charge in [0.05, 0.1) is 0 Å². The summed E-state index contributed by atoms with van der Waals surface area (Å²) in [4.78, 5) is 26.6. The number of piperidine rings is 1. The van der Waals surface area contributed by atoms with Gasteiger partial charge in [-0.05, 0) is 49.6 Å². The summed E-state index contributed by atoms with van der Waals surface area (Å²) >= 11 is 6.00. The molecule has 26 heavy (non-hydrogen) atoms. The Labute approximate surface area is 158 Å². The summed E-state index contributed by atoms with van der Waals surface area (Å²) in [6.07, 6.45) is 1.29. The fourth-order valence-corrected chi connectivity index (χ4v) is 3.20. The molecule has 136 valence electrons. The van der Waals surface area contributed by atoms with Crippen molar-refractivity contribution in [3.63, 3.8) is 0 Å². The van der Waals surface area contributed by atoms with Crippen molar-refractivity contribution in [1.82, 2.24) is 4.90 Å². The fraction of sp³-hybridized carbons (Fsp3) is 0.300. The first-order valence-corrected chi connectivity index (χ1v) is 9.09. The second kappa shape index (κ2) is 8.23. The van der Waals surface area contributed by atoms with Crippen LogP contribution in [0.25, 0.3) is 0 Å². The molecule has 3 amide bonds. The highest BCUT2D eigenvalue weighted by Gasteiger charge is 2.27. The number of amides is 3. The molecule has 0 aromatic heterocycles.